The predicted molar refractivity (Wildman–Crippen MR) is 68.0 cm³/mol. The molecule has 0 fully saturated rings. The summed E-state index contributed by atoms with van der Waals surface area (Å²) in [6.07, 6.45) is 1.57. The smallest absolute Gasteiger partial charge is 0.269 e. The Balaban J connectivity index is 2.12. The molecule has 0 bridgehead atoms. The molecule has 0 saturated heterocycles. The lowest BCUT2D eigenvalue weighted by atomic mass is 10.0. The summed E-state index contributed by atoms with van der Waals surface area (Å²) in [7, 11) is 0. The number of nitrogens with one attached hydrogen (secondary N) is 2. The third kappa shape index (κ3) is 2.74. The highest BCUT2D eigenvalue weighted by atomic mass is 32.1. The quantitative estimate of drug-likeness (QED) is 0.875. The zero-order chi connectivity index (χ0) is 12.3. The molecule has 0 aliphatic rings. The zero-order valence-corrected chi connectivity index (χ0v) is 10.6. The molecule has 5 heteroatoms. The van der Waals surface area contributed by atoms with Crippen LogP contribution in [-0.4, -0.2) is 16.1 Å². The summed E-state index contributed by atoms with van der Waals surface area (Å²) in [6.45, 7) is 4.19. The highest BCUT2D eigenvalue weighted by Gasteiger charge is 2.20. The normalized spacial score (nSPS) is 12.6. The fourth-order valence-electron chi connectivity index (χ4n) is 1.64. The molecule has 0 spiro atoms. The van der Waals surface area contributed by atoms with E-state index < -0.39 is 0 Å². The fourth-order valence-corrected chi connectivity index (χ4v) is 2.58. The van der Waals surface area contributed by atoms with Gasteiger partial charge in [-0.2, -0.15) is 5.10 Å². The summed E-state index contributed by atoms with van der Waals surface area (Å²) in [6, 6.07) is 5.76. The first-order chi connectivity index (χ1) is 8.18. The third-order valence-electron chi connectivity index (χ3n) is 2.55. The zero-order valence-electron chi connectivity index (χ0n) is 9.81. The van der Waals surface area contributed by atoms with Crippen molar-refractivity contribution in [1.29, 1.82) is 0 Å². The molecule has 1 amide bonds. The molecule has 2 aromatic rings. The van der Waals surface area contributed by atoms with E-state index >= 15 is 0 Å². The van der Waals surface area contributed by atoms with Gasteiger partial charge in [-0.3, -0.25) is 9.89 Å². The molecule has 0 saturated carbocycles. The number of amides is 1. The van der Waals surface area contributed by atoms with Crippen molar-refractivity contribution >= 4 is 17.2 Å². The summed E-state index contributed by atoms with van der Waals surface area (Å²) in [5.74, 6) is 0.232. The van der Waals surface area contributed by atoms with E-state index in [4.69, 9.17) is 0 Å². The summed E-state index contributed by atoms with van der Waals surface area (Å²) in [5.41, 5.74) is 0.493. The molecule has 1 unspecified atom stereocenters. The molecule has 1 atom stereocenters. The fraction of sp³-hybridized carbons (Fsp3) is 0.333. The Morgan fingerprint density at radius 2 is 2.29 bits per heavy atom. The van der Waals surface area contributed by atoms with Crippen LogP contribution in [0.25, 0.3) is 0 Å². The van der Waals surface area contributed by atoms with Gasteiger partial charge in [0.15, 0.2) is 0 Å². The minimum absolute atomic E-state index is 0.0470. The standard InChI is InChI=1S/C12H15N3OS/c1-8(2)11(10-4-3-7-17-10)14-12(16)9-5-6-13-15-9/h3-8,11H,1-2H3,(H,13,15)(H,14,16). The Morgan fingerprint density at radius 3 is 2.82 bits per heavy atom. The molecule has 4 nitrogen and oxygen atoms in total. The van der Waals surface area contributed by atoms with Crippen LogP contribution < -0.4 is 5.32 Å². The van der Waals surface area contributed by atoms with E-state index in [2.05, 4.69) is 29.4 Å². The lowest BCUT2D eigenvalue weighted by Gasteiger charge is -2.20. The van der Waals surface area contributed by atoms with Crippen LogP contribution in [0.15, 0.2) is 29.8 Å². The number of aromatic amines is 1. The van der Waals surface area contributed by atoms with Gasteiger partial charge in [0.05, 0.1) is 6.04 Å². The summed E-state index contributed by atoms with van der Waals surface area (Å²) >= 11 is 1.66. The molecule has 0 aliphatic heterocycles. The largest absolute Gasteiger partial charge is 0.343 e. The van der Waals surface area contributed by atoms with E-state index in [1.807, 2.05) is 17.5 Å². The molecule has 2 heterocycles. The molecular weight excluding hydrogens is 234 g/mol. The maximum absolute atomic E-state index is 11.9. The first-order valence-corrected chi connectivity index (χ1v) is 6.40. The topological polar surface area (TPSA) is 57.8 Å². The van der Waals surface area contributed by atoms with Gasteiger partial charge in [-0.05, 0) is 23.4 Å². The van der Waals surface area contributed by atoms with Crippen molar-refractivity contribution in [2.45, 2.75) is 19.9 Å². The van der Waals surface area contributed by atoms with Gasteiger partial charge >= 0.3 is 0 Å². The van der Waals surface area contributed by atoms with Crippen molar-refractivity contribution in [2.24, 2.45) is 5.92 Å². The molecular formula is C12H15N3OS. The predicted octanol–water partition coefficient (Wildman–Crippen LogP) is 2.60. The number of aromatic nitrogens is 2. The number of carbonyl (C=O) groups is 1. The Bertz CT molecular complexity index is 462. The molecule has 2 rings (SSSR count). The second-order valence-corrected chi connectivity index (χ2v) is 5.16. The molecule has 2 N–H and O–H groups in total. The third-order valence-corrected chi connectivity index (χ3v) is 3.50. The minimum atomic E-state index is -0.116. The van der Waals surface area contributed by atoms with Crippen LogP contribution in [0.2, 0.25) is 0 Å². The van der Waals surface area contributed by atoms with Crippen LogP contribution in [0, 0.1) is 5.92 Å². The van der Waals surface area contributed by atoms with Crippen LogP contribution >= 0.6 is 11.3 Å². The van der Waals surface area contributed by atoms with Gasteiger partial charge in [0.1, 0.15) is 5.69 Å². The van der Waals surface area contributed by atoms with E-state index in [-0.39, 0.29) is 11.9 Å². The lowest BCUT2D eigenvalue weighted by Crippen LogP contribution is -2.31. The maximum atomic E-state index is 11.9. The van der Waals surface area contributed by atoms with Crippen molar-refractivity contribution in [3.63, 3.8) is 0 Å². The average molecular weight is 249 g/mol. The lowest BCUT2D eigenvalue weighted by molar-refractivity contribution is 0.0921. The number of hydrogen-bond acceptors (Lipinski definition) is 3. The van der Waals surface area contributed by atoms with E-state index in [1.165, 1.54) is 4.88 Å². The van der Waals surface area contributed by atoms with Gasteiger partial charge in [-0.1, -0.05) is 19.9 Å². The summed E-state index contributed by atoms with van der Waals surface area (Å²) in [4.78, 5) is 13.1. The van der Waals surface area contributed by atoms with Crippen LogP contribution in [0.5, 0.6) is 0 Å². The van der Waals surface area contributed by atoms with E-state index in [0.29, 0.717) is 11.6 Å². The van der Waals surface area contributed by atoms with E-state index in [0.717, 1.165) is 0 Å². The molecule has 0 radical (unpaired) electrons. The first-order valence-electron chi connectivity index (χ1n) is 5.52. The van der Waals surface area contributed by atoms with Crippen LogP contribution in [-0.2, 0) is 0 Å². The van der Waals surface area contributed by atoms with Crippen molar-refractivity contribution in [2.75, 3.05) is 0 Å². The number of thiophene rings is 1. The first kappa shape index (κ1) is 11.9. The number of rotatable bonds is 4. The molecule has 90 valence electrons. The number of hydrogen-bond donors (Lipinski definition) is 2. The molecule has 2 aromatic heterocycles. The summed E-state index contributed by atoms with van der Waals surface area (Å²) < 4.78 is 0. The molecule has 0 aliphatic carbocycles. The maximum Gasteiger partial charge on any atom is 0.269 e. The van der Waals surface area contributed by atoms with Gasteiger partial charge < -0.3 is 5.32 Å². The second-order valence-electron chi connectivity index (χ2n) is 4.18. The van der Waals surface area contributed by atoms with Crippen LogP contribution in [0.1, 0.15) is 35.3 Å². The van der Waals surface area contributed by atoms with Crippen molar-refractivity contribution in [1.82, 2.24) is 15.5 Å². The SMILES string of the molecule is CC(C)C(NC(=O)c1ccn[nH]1)c1cccs1. The Morgan fingerprint density at radius 1 is 1.47 bits per heavy atom. The highest BCUT2D eigenvalue weighted by Crippen LogP contribution is 2.25. The molecule has 0 aromatic carbocycles. The van der Waals surface area contributed by atoms with Gasteiger partial charge in [0.25, 0.3) is 5.91 Å². The Kier molecular flexibility index (Phi) is 3.58. The minimum Gasteiger partial charge on any atom is -0.343 e. The average Bonchev–Trinajstić information content (AvgIpc) is 2.97. The van der Waals surface area contributed by atoms with Gasteiger partial charge in [-0.25, -0.2) is 0 Å². The van der Waals surface area contributed by atoms with Gasteiger partial charge in [0, 0.05) is 11.1 Å². The second kappa shape index (κ2) is 5.14. The van der Waals surface area contributed by atoms with Gasteiger partial charge in [0.2, 0.25) is 0 Å². The van der Waals surface area contributed by atoms with Crippen molar-refractivity contribution in [3.05, 3.63) is 40.3 Å². The summed E-state index contributed by atoms with van der Waals surface area (Å²) in [5, 5.41) is 11.5. The monoisotopic (exact) mass is 249 g/mol. The van der Waals surface area contributed by atoms with Gasteiger partial charge in [-0.15, -0.1) is 11.3 Å². The van der Waals surface area contributed by atoms with E-state index in [1.54, 1.807) is 23.6 Å². The number of carbonyl (C=O) groups excluding carboxylic acids is 1. The molecule has 17 heavy (non-hydrogen) atoms. The number of nitrogens with zero attached hydrogens (tertiary/aromatic N) is 1. The van der Waals surface area contributed by atoms with Crippen LogP contribution in [0.4, 0.5) is 0 Å². The number of H-pyrrole nitrogens is 1. The van der Waals surface area contributed by atoms with Crippen molar-refractivity contribution < 1.29 is 4.79 Å². The highest BCUT2D eigenvalue weighted by molar-refractivity contribution is 7.10. The van der Waals surface area contributed by atoms with E-state index in [9.17, 15) is 4.79 Å². The Hall–Kier alpha value is -1.62. The van der Waals surface area contributed by atoms with Crippen molar-refractivity contribution in [3.8, 4) is 0 Å². The Labute approximate surface area is 104 Å². The van der Waals surface area contributed by atoms with Crippen LogP contribution in [0.3, 0.4) is 0 Å².